The van der Waals surface area contributed by atoms with E-state index in [-0.39, 0.29) is 24.1 Å². The summed E-state index contributed by atoms with van der Waals surface area (Å²) in [5, 5.41) is 0. The fourth-order valence-electron chi connectivity index (χ4n) is 3.20. The zero-order valence-electron chi connectivity index (χ0n) is 11.6. The molecule has 3 heteroatoms. The molecule has 0 amide bonds. The molecule has 21 heavy (non-hydrogen) atoms. The molecule has 0 aliphatic carbocycles. The SMILES string of the molecule is O=C(c1ccccc1)[C@H]1CO[C@@H]2Cc3ccccc3[C@H]1O2. The molecule has 2 aliphatic heterocycles. The quantitative estimate of drug-likeness (QED) is 0.793. The molecule has 0 spiro atoms. The molecule has 1 saturated heterocycles. The van der Waals surface area contributed by atoms with Crippen molar-refractivity contribution in [3.63, 3.8) is 0 Å². The number of ether oxygens (including phenoxy) is 2. The van der Waals surface area contributed by atoms with Crippen LogP contribution in [0.15, 0.2) is 54.6 Å². The van der Waals surface area contributed by atoms with Gasteiger partial charge in [0, 0.05) is 12.0 Å². The number of hydrogen-bond acceptors (Lipinski definition) is 3. The van der Waals surface area contributed by atoms with Crippen LogP contribution >= 0.6 is 0 Å². The van der Waals surface area contributed by atoms with Crippen molar-refractivity contribution in [2.75, 3.05) is 6.61 Å². The monoisotopic (exact) mass is 280 g/mol. The second kappa shape index (κ2) is 5.10. The molecule has 3 atom stereocenters. The summed E-state index contributed by atoms with van der Waals surface area (Å²) in [4.78, 5) is 12.7. The molecule has 3 nitrogen and oxygen atoms in total. The predicted octanol–water partition coefficient (Wildman–Crippen LogP) is 3.16. The normalized spacial score (nSPS) is 27.0. The summed E-state index contributed by atoms with van der Waals surface area (Å²) >= 11 is 0. The van der Waals surface area contributed by atoms with E-state index in [9.17, 15) is 4.79 Å². The Morgan fingerprint density at radius 3 is 2.62 bits per heavy atom. The highest BCUT2D eigenvalue weighted by molar-refractivity contribution is 5.98. The summed E-state index contributed by atoms with van der Waals surface area (Å²) in [6.07, 6.45) is 0.352. The van der Waals surface area contributed by atoms with Crippen molar-refractivity contribution in [1.29, 1.82) is 0 Å². The van der Waals surface area contributed by atoms with Crippen LogP contribution in [0, 0.1) is 5.92 Å². The van der Waals surface area contributed by atoms with E-state index in [0.29, 0.717) is 6.61 Å². The second-order valence-corrected chi connectivity index (χ2v) is 5.56. The number of rotatable bonds is 2. The van der Waals surface area contributed by atoms with Gasteiger partial charge in [-0.3, -0.25) is 4.79 Å². The Balaban J connectivity index is 1.71. The molecule has 2 aliphatic rings. The van der Waals surface area contributed by atoms with Gasteiger partial charge in [0.2, 0.25) is 0 Å². The highest BCUT2D eigenvalue weighted by atomic mass is 16.7. The molecule has 0 unspecified atom stereocenters. The minimum atomic E-state index is -0.273. The van der Waals surface area contributed by atoms with Gasteiger partial charge in [0.1, 0.15) is 0 Å². The standard InChI is InChI=1S/C18H16O3/c19-17(12-6-2-1-3-7-12)15-11-20-16-10-13-8-4-5-9-14(13)18(15)21-16/h1-9,15-16,18H,10-11H2/t15-,16+,18-/m1/s1. The maximum atomic E-state index is 12.7. The Labute approximate surface area is 123 Å². The van der Waals surface area contributed by atoms with E-state index < -0.39 is 0 Å². The van der Waals surface area contributed by atoms with Crippen molar-refractivity contribution in [2.45, 2.75) is 18.8 Å². The van der Waals surface area contributed by atoms with Crippen LogP contribution in [0.5, 0.6) is 0 Å². The third kappa shape index (κ3) is 2.19. The molecule has 0 N–H and O–H groups in total. The van der Waals surface area contributed by atoms with Crippen LogP contribution in [-0.2, 0) is 15.9 Å². The molecule has 2 aromatic rings. The van der Waals surface area contributed by atoms with Gasteiger partial charge in [-0.15, -0.1) is 0 Å². The van der Waals surface area contributed by atoms with Crippen LogP contribution in [0.1, 0.15) is 27.6 Å². The lowest BCUT2D eigenvalue weighted by Gasteiger charge is -2.40. The Morgan fingerprint density at radius 1 is 1.00 bits per heavy atom. The van der Waals surface area contributed by atoms with E-state index in [1.165, 1.54) is 5.56 Å². The first-order valence-electron chi connectivity index (χ1n) is 7.27. The molecule has 4 rings (SSSR count). The molecule has 2 aromatic carbocycles. The van der Waals surface area contributed by atoms with E-state index in [2.05, 4.69) is 12.1 Å². The number of carbonyl (C=O) groups excluding carboxylic acids is 1. The van der Waals surface area contributed by atoms with Gasteiger partial charge >= 0.3 is 0 Å². The van der Waals surface area contributed by atoms with E-state index >= 15 is 0 Å². The molecule has 2 heterocycles. The van der Waals surface area contributed by atoms with E-state index in [1.807, 2.05) is 42.5 Å². The van der Waals surface area contributed by atoms with Gasteiger partial charge in [-0.2, -0.15) is 0 Å². The average molecular weight is 280 g/mol. The molecule has 0 aromatic heterocycles. The Morgan fingerprint density at radius 2 is 1.76 bits per heavy atom. The van der Waals surface area contributed by atoms with E-state index in [0.717, 1.165) is 17.5 Å². The fraction of sp³-hybridized carbons (Fsp3) is 0.278. The van der Waals surface area contributed by atoms with Gasteiger partial charge in [-0.25, -0.2) is 0 Å². The molecule has 1 fully saturated rings. The zero-order chi connectivity index (χ0) is 14.2. The van der Waals surface area contributed by atoms with E-state index in [1.54, 1.807) is 0 Å². The number of benzene rings is 2. The fourth-order valence-corrected chi connectivity index (χ4v) is 3.20. The van der Waals surface area contributed by atoms with Crippen LogP contribution in [0.2, 0.25) is 0 Å². The number of ketones is 1. The van der Waals surface area contributed by atoms with Crippen molar-refractivity contribution < 1.29 is 14.3 Å². The highest BCUT2D eigenvalue weighted by Gasteiger charge is 2.41. The lowest BCUT2D eigenvalue weighted by Crippen LogP contribution is -2.43. The Bertz CT molecular complexity index is 665. The smallest absolute Gasteiger partial charge is 0.171 e. The molecule has 0 saturated carbocycles. The molecule has 2 bridgehead atoms. The predicted molar refractivity (Wildman–Crippen MR) is 78.0 cm³/mol. The van der Waals surface area contributed by atoms with Gasteiger partial charge in [-0.05, 0) is 11.1 Å². The summed E-state index contributed by atoms with van der Waals surface area (Å²) in [5.41, 5.74) is 3.08. The van der Waals surface area contributed by atoms with Crippen LogP contribution in [0.25, 0.3) is 0 Å². The maximum Gasteiger partial charge on any atom is 0.171 e. The molecule has 0 radical (unpaired) electrons. The third-order valence-electron chi connectivity index (χ3n) is 4.27. The zero-order valence-corrected chi connectivity index (χ0v) is 11.6. The van der Waals surface area contributed by atoms with Gasteiger partial charge in [0.05, 0.1) is 18.6 Å². The molecular weight excluding hydrogens is 264 g/mol. The number of fused-ring (bicyclic) bond motifs is 4. The second-order valence-electron chi connectivity index (χ2n) is 5.56. The largest absolute Gasteiger partial charge is 0.351 e. The van der Waals surface area contributed by atoms with Crippen LogP contribution in [0.3, 0.4) is 0 Å². The Hall–Kier alpha value is -1.97. The van der Waals surface area contributed by atoms with Crippen molar-refractivity contribution in [3.8, 4) is 0 Å². The minimum Gasteiger partial charge on any atom is -0.351 e. The van der Waals surface area contributed by atoms with Gasteiger partial charge < -0.3 is 9.47 Å². The summed E-state index contributed by atoms with van der Waals surface area (Å²) in [6.45, 7) is 0.428. The molecule has 106 valence electrons. The summed E-state index contributed by atoms with van der Waals surface area (Å²) in [7, 11) is 0. The number of hydrogen-bond donors (Lipinski definition) is 0. The van der Waals surface area contributed by atoms with Crippen LogP contribution in [-0.4, -0.2) is 18.7 Å². The van der Waals surface area contributed by atoms with Gasteiger partial charge in [0.25, 0.3) is 0 Å². The third-order valence-corrected chi connectivity index (χ3v) is 4.27. The van der Waals surface area contributed by atoms with Crippen LogP contribution < -0.4 is 0 Å². The van der Waals surface area contributed by atoms with Gasteiger partial charge in [0.15, 0.2) is 12.1 Å². The van der Waals surface area contributed by atoms with Crippen molar-refractivity contribution >= 4 is 5.78 Å². The van der Waals surface area contributed by atoms with Crippen LogP contribution in [0.4, 0.5) is 0 Å². The van der Waals surface area contributed by atoms with E-state index in [4.69, 9.17) is 9.47 Å². The summed E-state index contributed by atoms with van der Waals surface area (Å²) in [5.74, 6) is -0.180. The van der Waals surface area contributed by atoms with Crippen molar-refractivity contribution in [1.82, 2.24) is 0 Å². The topological polar surface area (TPSA) is 35.5 Å². The minimum absolute atomic E-state index is 0.0933. The van der Waals surface area contributed by atoms with Gasteiger partial charge in [-0.1, -0.05) is 54.6 Å². The summed E-state index contributed by atoms with van der Waals surface area (Å²) < 4.78 is 11.7. The first-order valence-corrected chi connectivity index (χ1v) is 7.27. The highest BCUT2D eigenvalue weighted by Crippen LogP contribution is 2.40. The number of Topliss-reactive ketones (excluding diaryl/α,β-unsaturated/α-hetero) is 1. The molecular formula is C18H16O3. The first kappa shape index (κ1) is 12.7. The average Bonchev–Trinajstić information content (AvgIpc) is 2.55. The number of carbonyl (C=O) groups is 1. The Kier molecular flexibility index (Phi) is 3.09. The van der Waals surface area contributed by atoms with Crippen molar-refractivity contribution in [3.05, 3.63) is 71.3 Å². The first-order chi connectivity index (χ1) is 10.3. The summed E-state index contributed by atoms with van der Waals surface area (Å²) in [6, 6.07) is 17.6. The van der Waals surface area contributed by atoms with Crippen molar-refractivity contribution in [2.24, 2.45) is 5.92 Å². The lowest BCUT2D eigenvalue weighted by molar-refractivity contribution is -0.236. The maximum absolute atomic E-state index is 12.7. The lowest BCUT2D eigenvalue weighted by atomic mass is 9.84.